The summed E-state index contributed by atoms with van der Waals surface area (Å²) in [6.07, 6.45) is 1.79. The van der Waals surface area contributed by atoms with Gasteiger partial charge in [-0.05, 0) is 44.9 Å². The molecule has 0 saturated heterocycles. The summed E-state index contributed by atoms with van der Waals surface area (Å²) in [7, 11) is 1.66. The molecule has 4 nitrogen and oxygen atoms in total. The SMILES string of the molecule is COc1ccc(OC(C)C(C)O)c(CNC2CC2)c1. The second kappa shape index (κ2) is 6.26. The normalized spacial score (nSPS) is 17.9. The number of methoxy groups -OCH3 is 1. The fourth-order valence-corrected chi connectivity index (χ4v) is 1.78. The maximum absolute atomic E-state index is 9.54. The Hall–Kier alpha value is -1.26. The van der Waals surface area contributed by atoms with Crippen molar-refractivity contribution in [1.29, 1.82) is 0 Å². The molecule has 1 aliphatic carbocycles. The zero-order valence-electron chi connectivity index (χ0n) is 11.8. The van der Waals surface area contributed by atoms with E-state index in [2.05, 4.69) is 5.32 Å². The summed E-state index contributed by atoms with van der Waals surface area (Å²) >= 11 is 0. The van der Waals surface area contributed by atoms with Crippen molar-refractivity contribution >= 4 is 0 Å². The minimum absolute atomic E-state index is 0.229. The van der Waals surface area contributed by atoms with Crippen LogP contribution < -0.4 is 14.8 Å². The van der Waals surface area contributed by atoms with Gasteiger partial charge in [-0.2, -0.15) is 0 Å². The third-order valence-electron chi connectivity index (χ3n) is 3.42. The predicted molar refractivity (Wildman–Crippen MR) is 74.6 cm³/mol. The summed E-state index contributed by atoms with van der Waals surface area (Å²) in [5.74, 6) is 1.63. The second-order valence-corrected chi connectivity index (χ2v) is 5.19. The van der Waals surface area contributed by atoms with Gasteiger partial charge in [0.05, 0.1) is 13.2 Å². The third kappa shape index (κ3) is 4.11. The molecular weight excluding hydrogens is 242 g/mol. The number of aliphatic hydroxyl groups is 1. The molecule has 2 unspecified atom stereocenters. The van der Waals surface area contributed by atoms with Gasteiger partial charge in [-0.1, -0.05) is 0 Å². The molecule has 1 fully saturated rings. The highest BCUT2D eigenvalue weighted by atomic mass is 16.5. The van der Waals surface area contributed by atoms with Crippen LogP contribution in [0.15, 0.2) is 18.2 Å². The number of hydrogen-bond donors (Lipinski definition) is 2. The second-order valence-electron chi connectivity index (χ2n) is 5.19. The highest BCUT2D eigenvalue weighted by molar-refractivity contribution is 5.40. The molecule has 2 atom stereocenters. The van der Waals surface area contributed by atoms with Crippen LogP contribution in [-0.4, -0.2) is 30.5 Å². The standard InChI is InChI=1S/C15H23NO3/c1-10(17)11(2)19-15-7-6-14(18-3)8-12(15)9-16-13-4-5-13/h6-8,10-11,13,16-17H,4-5,9H2,1-3H3. The van der Waals surface area contributed by atoms with Crippen molar-refractivity contribution in [3.05, 3.63) is 23.8 Å². The van der Waals surface area contributed by atoms with Gasteiger partial charge < -0.3 is 19.9 Å². The van der Waals surface area contributed by atoms with Crippen LogP contribution in [0.5, 0.6) is 11.5 Å². The number of aliphatic hydroxyl groups excluding tert-OH is 1. The van der Waals surface area contributed by atoms with Gasteiger partial charge in [0.2, 0.25) is 0 Å². The molecule has 0 radical (unpaired) electrons. The fourth-order valence-electron chi connectivity index (χ4n) is 1.78. The fraction of sp³-hybridized carbons (Fsp3) is 0.600. The molecule has 106 valence electrons. The third-order valence-corrected chi connectivity index (χ3v) is 3.42. The molecule has 1 aromatic rings. The molecule has 2 rings (SSSR count). The predicted octanol–water partition coefficient (Wildman–Crippen LogP) is 2.10. The molecule has 1 saturated carbocycles. The number of nitrogens with one attached hydrogen (secondary N) is 1. The van der Waals surface area contributed by atoms with Gasteiger partial charge in [-0.15, -0.1) is 0 Å². The van der Waals surface area contributed by atoms with Gasteiger partial charge in [-0.25, -0.2) is 0 Å². The zero-order chi connectivity index (χ0) is 13.8. The monoisotopic (exact) mass is 265 g/mol. The minimum Gasteiger partial charge on any atom is -0.497 e. The lowest BCUT2D eigenvalue weighted by atomic mass is 10.1. The summed E-state index contributed by atoms with van der Waals surface area (Å²) < 4.78 is 11.1. The molecule has 0 bridgehead atoms. The van der Waals surface area contributed by atoms with E-state index in [1.807, 2.05) is 25.1 Å². The van der Waals surface area contributed by atoms with Crippen LogP contribution in [0.25, 0.3) is 0 Å². The molecule has 4 heteroatoms. The number of ether oxygens (including phenoxy) is 2. The molecule has 0 spiro atoms. The van der Waals surface area contributed by atoms with E-state index in [1.165, 1.54) is 12.8 Å². The Balaban J connectivity index is 2.09. The van der Waals surface area contributed by atoms with Gasteiger partial charge in [0, 0.05) is 18.2 Å². The van der Waals surface area contributed by atoms with Crippen molar-refractivity contribution in [2.75, 3.05) is 7.11 Å². The average molecular weight is 265 g/mol. The summed E-state index contributed by atoms with van der Waals surface area (Å²) in [6.45, 7) is 4.37. The Bertz CT molecular complexity index is 416. The van der Waals surface area contributed by atoms with Crippen molar-refractivity contribution in [1.82, 2.24) is 5.32 Å². The summed E-state index contributed by atoms with van der Waals surface area (Å²) in [5.41, 5.74) is 1.07. The van der Waals surface area contributed by atoms with Crippen LogP contribution in [-0.2, 0) is 6.54 Å². The number of rotatable bonds is 7. The van der Waals surface area contributed by atoms with E-state index < -0.39 is 6.10 Å². The molecule has 1 aromatic carbocycles. The van der Waals surface area contributed by atoms with Crippen molar-refractivity contribution in [2.24, 2.45) is 0 Å². The Labute approximate surface area is 114 Å². The molecule has 2 N–H and O–H groups in total. The minimum atomic E-state index is -0.494. The molecule has 19 heavy (non-hydrogen) atoms. The van der Waals surface area contributed by atoms with Crippen LogP contribution in [0.3, 0.4) is 0 Å². The quantitative estimate of drug-likeness (QED) is 0.792. The largest absolute Gasteiger partial charge is 0.497 e. The van der Waals surface area contributed by atoms with E-state index in [4.69, 9.17) is 9.47 Å². The summed E-state index contributed by atoms with van der Waals surface area (Å²) in [4.78, 5) is 0. The summed E-state index contributed by atoms with van der Waals surface area (Å²) in [6, 6.07) is 6.42. The van der Waals surface area contributed by atoms with Gasteiger partial charge in [0.1, 0.15) is 17.6 Å². The van der Waals surface area contributed by atoms with Crippen molar-refractivity contribution in [3.8, 4) is 11.5 Å². The Kier molecular flexibility index (Phi) is 4.66. The lowest BCUT2D eigenvalue weighted by Crippen LogP contribution is -2.26. The Morgan fingerprint density at radius 1 is 1.37 bits per heavy atom. The van der Waals surface area contributed by atoms with Crippen LogP contribution in [0.1, 0.15) is 32.3 Å². The van der Waals surface area contributed by atoms with Crippen LogP contribution in [0, 0.1) is 0 Å². The lowest BCUT2D eigenvalue weighted by molar-refractivity contribution is 0.0597. The van der Waals surface area contributed by atoms with E-state index in [1.54, 1.807) is 14.0 Å². The van der Waals surface area contributed by atoms with E-state index in [0.29, 0.717) is 6.04 Å². The van der Waals surface area contributed by atoms with Crippen LogP contribution in [0.2, 0.25) is 0 Å². The zero-order valence-corrected chi connectivity index (χ0v) is 11.8. The first-order chi connectivity index (χ1) is 9.10. The smallest absolute Gasteiger partial charge is 0.124 e. The number of hydrogen-bond acceptors (Lipinski definition) is 4. The van der Waals surface area contributed by atoms with Gasteiger partial charge in [-0.3, -0.25) is 0 Å². The Morgan fingerprint density at radius 2 is 2.11 bits per heavy atom. The average Bonchev–Trinajstić information content (AvgIpc) is 3.21. The van der Waals surface area contributed by atoms with Crippen LogP contribution in [0.4, 0.5) is 0 Å². The van der Waals surface area contributed by atoms with E-state index in [-0.39, 0.29) is 6.10 Å². The first-order valence-corrected chi connectivity index (χ1v) is 6.85. The molecule has 0 aliphatic heterocycles. The molecule has 0 amide bonds. The van der Waals surface area contributed by atoms with E-state index >= 15 is 0 Å². The number of benzene rings is 1. The Morgan fingerprint density at radius 3 is 2.68 bits per heavy atom. The van der Waals surface area contributed by atoms with Gasteiger partial charge in [0.25, 0.3) is 0 Å². The van der Waals surface area contributed by atoms with Crippen LogP contribution >= 0.6 is 0 Å². The summed E-state index contributed by atoms with van der Waals surface area (Å²) in [5, 5.41) is 13.0. The maximum atomic E-state index is 9.54. The molecule has 1 aliphatic rings. The van der Waals surface area contributed by atoms with Crippen molar-refractivity contribution < 1.29 is 14.6 Å². The van der Waals surface area contributed by atoms with Crippen molar-refractivity contribution in [2.45, 2.75) is 51.5 Å². The molecule has 0 aromatic heterocycles. The maximum Gasteiger partial charge on any atom is 0.124 e. The van der Waals surface area contributed by atoms with Crippen molar-refractivity contribution in [3.63, 3.8) is 0 Å². The lowest BCUT2D eigenvalue weighted by Gasteiger charge is -2.20. The van der Waals surface area contributed by atoms with E-state index in [0.717, 1.165) is 23.6 Å². The topological polar surface area (TPSA) is 50.7 Å². The van der Waals surface area contributed by atoms with Gasteiger partial charge >= 0.3 is 0 Å². The van der Waals surface area contributed by atoms with E-state index in [9.17, 15) is 5.11 Å². The first-order valence-electron chi connectivity index (χ1n) is 6.85. The van der Waals surface area contributed by atoms with Gasteiger partial charge in [0.15, 0.2) is 0 Å². The molecule has 0 heterocycles. The highest BCUT2D eigenvalue weighted by Gasteiger charge is 2.21. The molecular formula is C15H23NO3. The first kappa shape index (κ1) is 14.2. The highest BCUT2D eigenvalue weighted by Crippen LogP contribution is 2.27.